The first-order valence-electron chi connectivity index (χ1n) is 11.4. The van der Waals surface area contributed by atoms with Crippen LogP contribution in [0.2, 0.25) is 0 Å². The molecule has 150 valence electrons. The zero-order valence-corrected chi connectivity index (χ0v) is 17.2. The van der Waals surface area contributed by atoms with E-state index in [4.69, 9.17) is 11.5 Å². The Labute approximate surface area is 163 Å². The topological polar surface area (TPSA) is 52.0 Å². The van der Waals surface area contributed by atoms with Gasteiger partial charge in [0.2, 0.25) is 0 Å². The number of nitrogen functional groups attached to an aromatic ring is 1. The molecule has 26 heavy (non-hydrogen) atoms. The standard InChI is InChI=1S/C24H44N2/c25-22-16-14-12-10-8-6-4-2-1-3-5-7-9-11-13-15-17-23-18-20-24(26)21-19-23/h18-21H,1-17,22,25-26H2. The number of hydrogen-bond donors (Lipinski definition) is 2. The zero-order valence-electron chi connectivity index (χ0n) is 17.2. The molecule has 2 heteroatoms. The molecule has 2 nitrogen and oxygen atoms in total. The minimum atomic E-state index is 0.865. The van der Waals surface area contributed by atoms with Crippen LogP contribution in [0.5, 0.6) is 0 Å². The summed E-state index contributed by atoms with van der Waals surface area (Å²) in [7, 11) is 0. The van der Waals surface area contributed by atoms with E-state index in [-0.39, 0.29) is 0 Å². The predicted octanol–water partition coefficient (Wildman–Crippen LogP) is 7.01. The third-order valence-electron chi connectivity index (χ3n) is 5.40. The second-order valence-electron chi connectivity index (χ2n) is 7.94. The van der Waals surface area contributed by atoms with Crippen LogP contribution in [0.4, 0.5) is 5.69 Å². The van der Waals surface area contributed by atoms with Gasteiger partial charge in [0.25, 0.3) is 0 Å². The Morgan fingerprint density at radius 2 is 0.808 bits per heavy atom. The smallest absolute Gasteiger partial charge is 0.0314 e. The first-order valence-corrected chi connectivity index (χ1v) is 11.4. The maximum Gasteiger partial charge on any atom is 0.0314 e. The minimum Gasteiger partial charge on any atom is -0.399 e. The number of hydrogen-bond acceptors (Lipinski definition) is 2. The van der Waals surface area contributed by atoms with Gasteiger partial charge in [0.15, 0.2) is 0 Å². The molecule has 0 radical (unpaired) electrons. The van der Waals surface area contributed by atoms with E-state index in [0.29, 0.717) is 0 Å². The van der Waals surface area contributed by atoms with E-state index in [0.717, 1.165) is 12.2 Å². The van der Waals surface area contributed by atoms with Gasteiger partial charge < -0.3 is 11.5 Å². The Morgan fingerprint density at radius 3 is 1.19 bits per heavy atom. The van der Waals surface area contributed by atoms with Crippen molar-refractivity contribution in [1.82, 2.24) is 0 Å². The number of anilines is 1. The summed E-state index contributed by atoms with van der Waals surface area (Å²) in [4.78, 5) is 0. The highest BCUT2D eigenvalue weighted by Gasteiger charge is 1.96. The van der Waals surface area contributed by atoms with Crippen molar-refractivity contribution in [3.63, 3.8) is 0 Å². The molecule has 0 saturated carbocycles. The maximum atomic E-state index is 5.72. The lowest BCUT2D eigenvalue weighted by Gasteiger charge is -2.04. The summed E-state index contributed by atoms with van der Waals surface area (Å²) in [5.41, 5.74) is 13.5. The number of unbranched alkanes of at least 4 members (excludes halogenated alkanes) is 15. The molecule has 1 rings (SSSR count). The second-order valence-corrected chi connectivity index (χ2v) is 7.94. The lowest BCUT2D eigenvalue weighted by Crippen LogP contribution is -1.97. The zero-order chi connectivity index (χ0) is 18.7. The molecule has 0 atom stereocenters. The Hall–Kier alpha value is -1.02. The highest BCUT2D eigenvalue weighted by atomic mass is 14.5. The van der Waals surface area contributed by atoms with Crippen LogP contribution in [0.15, 0.2) is 24.3 Å². The van der Waals surface area contributed by atoms with Gasteiger partial charge in [0, 0.05) is 5.69 Å². The van der Waals surface area contributed by atoms with Crippen molar-refractivity contribution in [1.29, 1.82) is 0 Å². The van der Waals surface area contributed by atoms with Gasteiger partial charge in [0.1, 0.15) is 0 Å². The largest absolute Gasteiger partial charge is 0.399 e. The second kappa shape index (κ2) is 17.4. The summed E-state index contributed by atoms with van der Waals surface area (Å²) in [5.74, 6) is 0. The molecule has 0 aliphatic heterocycles. The summed E-state index contributed by atoms with van der Waals surface area (Å²) in [6.07, 6.45) is 23.6. The molecule has 0 amide bonds. The van der Waals surface area contributed by atoms with Crippen molar-refractivity contribution < 1.29 is 0 Å². The molecule has 4 N–H and O–H groups in total. The van der Waals surface area contributed by atoms with E-state index in [9.17, 15) is 0 Å². The van der Waals surface area contributed by atoms with Crippen molar-refractivity contribution in [3.8, 4) is 0 Å². The number of benzene rings is 1. The fourth-order valence-corrected chi connectivity index (χ4v) is 3.63. The molecule has 0 saturated heterocycles. The van der Waals surface area contributed by atoms with Crippen molar-refractivity contribution in [2.45, 2.75) is 109 Å². The molecule has 1 aromatic carbocycles. The Balaban J connectivity index is 1.72. The molecule has 0 spiro atoms. The SMILES string of the molecule is NCCCCCCCCCCCCCCCCCCc1ccc(N)cc1. The lowest BCUT2D eigenvalue weighted by molar-refractivity contribution is 0.528. The van der Waals surface area contributed by atoms with Crippen LogP contribution in [0.25, 0.3) is 0 Å². The van der Waals surface area contributed by atoms with Gasteiger partial charge in [0.05, 0.1) is 0 Å². The number of aryl methyl sites for hydroxylation is 1. The van der Waals surface area contributed by atoms with Crippen molar-refractivity contribution >= 4 is 5.69 Å². The average molecular weight is 361 g/mol. The number of nitrogens with two attached hydrogens (primary N) is 2. The summed E-state index contributed by atoms with van der Waals surface area (Å²) in [6.45, 7) is 0.865. The molecule has 0 aromatic heterocycles. The van der Waals surface area contributed by atoms with E-state index >= 15 is 0 Å². The van der Waals surface area contributed by atoms with Gasteiger partial charge in [-0.2, -0.15) is 0 Å². The van der Waals surface area contributed by atoms with Crippen molar-refractivity contribution in [3.05, 3.63) is 29.8 Å². The maximum absolute atomic E-state index is 5.72. The van der Waals surface area contributed by atoms with Gasteiger partial charge in [-0.1, -0.05) is 102 Å². The van der Waals surface area contributed by atoms with E-state index in [1.807, 2.05) is 12.1 Å². The van der Waals surface area contributed by atoms with Crippen LogP contribution < -0.4 is 11.5 Å². The minimum absolute atomic E-state index is 0.865. The van der Waals surface area contributed by atoms with E-state index < -0.39 is 0 Å². The van der Waals surface area contributed by atoms with Gasteiger partial charge in [-0.3, -0.25) is 0 Å². The van der Waals surface area contributed by atoms with Crippen LogP contribution in [-0.2, 0) is 6.42 Å². The summed E-state index contributed by atoms with van der Waals surface area (Å²) < 4.78 is 0. The third kappa shape index (κ3) is 14.2. The van der Waals surface area contributed by atoms with Crippen LogP contribution in [0.3, 0.4) is 0 Å². The Morgan fingerprint density at radius 1 is 0.462 bits per heavy atom. The van der Waals surface area contributed by atoms with E-state index in [2.05, 4.69) is 12.1 Å². The predicted molar refractivity (Wildman–Crippen MR) is 117 cm³/mol. The van der Waals surface area contributed by atoms with Crippen LogP contribution in [0, 0.1) is 0 Å². The van der Waals surface area contributed by atoms with Crippen molar-refractivity contribution in [2.75, 3.05) is 12.3 Å². The monoisotopic (exact) mass is 360 g/mol. The average Bonchev–Trinajstić information content (AvgIpc) is 2.66. The van der Waals surface area contributed by atoms with Crippen LogP contribution in [0.1, 0.15) is 108 Å². The first-order chi connectivity index (χ1) is 12.8. The molecule has 0 aliphatic rings. The quantitative estimate of drug-likeness (QED) is 0.218. The molecule has 0 unspecified atom stereocenters. The summed E-state index contributed by atoms with van der Waals surface area (Å²) >= 11 is 0. The fourth-order valence-electron chi connectivity index (χ4n) is 3.63. The third-order valence-corrected chi connectivity index (χ3v) is 5.40. The van der Waals surface area contributed by atoms with E-state index in [1.165, 1.54) is 115 Å². The molecular weight excluding hydrogens is 316 g/mol. The highest BCUT2D eigenvalue weighted by Crippen LogP contribution is 2.15. The van der Waals surface area contributed by atoms with Gasteiger partial charge in [-0.15, -0.1) is 0 Å². The first kappa shape index (κ1) is 23.0. The fraction of sp³-hybridized carbons (Fsp3) is 0.750. The molecule has 0 bridgehead atoms. The Bertz CT molecular complexity index is 399. The van der Waals surface area contributed by atoms with Crippen molar-refractivity contribution in [2.24, 2.45) is 5.73 Å². The van der Waals surface area contributed by atoms with E-state index in [1.54, 1.807) is 0 Å². The lowest BCUT2D eigenvalue weighted by atomic mass is 10.0. The van der Waals surface area contributed by atoms with Gasteiger partial charge >= 0.3 is 0 Å². The number of rotatable bonds is 18. The molecular formula is C24H44N2. The molecule has 0 heterocycles. The summed E-state index contributed by atoms with van der Waals surface area (Å²) in [6, 6.07) is 8.35. The molecule has 0 aliphatic carbocycles. The molecule has 1 aromatic rings. The molecule has 0 fully saturated rings. The van der Waals surface area contributed by atoms with Gasteiger partial charge in [-0.05, 0) is 43.5 Å². The summed E-state index contributed by atoms with van der Waals surface area (Å²) in [5, 5.41) is 0. The highest BCUT2D eigenvalue weighted by molar-refractivity contribution is 5.39. The van der Waals surface area contributed by atoms with Gasteiger partial charge in [-0.25, -0.2) is 0 Å². The van der Waals surface area contributed by atoms with Crippen LogP contribution in [-0.4, -0.2) is 6.54 Å². The van der Waals surface area contributed by atoms with Crippen LogP contribution >= 0.6 is 0 Å². The Kier molecular flexibility index (Phi) is 15.4. The normalized spacial score (nSPS) is 11.1.